The van der Waals surface area contributed by atoms with E-state index in [9.17, 15) is 38.4 Å². The second kappa shape index (κ2) is 46.6. The molecule has 0 saturated carbocycles. The molecule has 6 N–H and O–H groups in total. The average Bonchev–Trinajstić information content (AvgIpc) is 3.00. The predicted octanol–water partition coefficient (Wildman–Crippen LogP) is 0.0672. The number of hydrogen-bond donors (Lipinski definition) is 4. The van der Waals surface area contributed by atoms with Crippen molar-refractivity contribution in [3.63, 3.8) is 0 Å². The molecule has 0 aliphatic rings. The fourth-order valence-electron chi connectivity index (χ4n) is 2.68. The molecular weight excluding hydrogens is 696 g/mol. The Morgan fingerprint density at radius 2 is 0.635 bits per heavy atom. The number of aliphatic carboxylic acids is 2. The van der Waals surface area contributed by atoms with Crippen molar-refractivity contribution in [1.29, 1.82) is 0 Å². The lowest BCUT2D eigenvalue weighted by atomic mass is 10.4. The molecule has 0 saturated heterocycles. The van der Waals surface area contributed by atoms with E-state index in [4.69, 9.17) is 31.2 Å². The van der Waals surface area contributed by atoms with Gasteiger partial charge in [0, 0.05) is 53.9 Å². The monoisotopic (exact) mass is 760 g/mol. The molecule has 0 aromatic rings. The van der Waals surface area contributed by atoms with Crippen molar-refractivity contribution in [3.05, 3.63) is 0 Å². The number of rotatable bonds is 18. The molecular formula is C32H64N4O16. The number of carboxylic acid groups (broad SMARTS) is 2. The number of carbonyl (C=O) groups excluding carboxylic acids is 6. The van der Waals surface area contributed by atoms with Crippen molar-refractivity contribution in [3.8, 4) is 0 Å². The second-order valence-electron chi connectivity index (χ2n) is 9.09. The summed E-state index contributed by atoms with van der Waals surface area (Å²) in [5, 5.41) is 17.6. The number of carbonyl (C=O) groups is 8. The molecule has 0 aromatic carbocycles. The van der Waals surface area contributed by atoms with E-state index < -0.39 is 37.0 Å². The normalized spacial score (nSPS) is 9.04. The summed E-state index contributed by atoms with van der Waals surface area (Å²) in [6.07, 6.45) is 0. The van der Waals surface area contributed by atoms with E-state index in [0.717, 1.165) is 0 Å². The molecule has 0 rings (SSSR count). The topological polar surface area (TPSA) is 291 Å². The van der Waals surface area contributed by atoms with E-state index in [1.807, 2.05) is 0 Å². The molecule has 20 nitrogen and oxygen atoms in total. The first kappa shape index (κ1) is 59.7. The Labute approximate surface area is 307 Å². The summed E-state index contributed by atoms with van der Waals surface area (Å²) in [6.45, 7) is 18.4. The van der Waals surface area contributed by atoms with Gasteiger partial charge in [-0.05, 0) is 41.5 Å². The third kappa shape index (κ3) is 71.6. The summed E-state index contributed by atoms with van der Waals surface area (Å²) in [5.74, 6) is -4.25. The molecule has 20 heteroatoms. The van der Waals surface area contributed by atoms with E-state index in [1.54, 1.807) is 41.5 Å². The molecule has 0 heterocycles. The van der Waals surface area contributed by atoms with Gasteiger partial charge in [0.25, 0.3) is 0 Å². The lowest BCUT2D eigenvalue weighted by Crippen LogP contribution is -2.43. The van der Waals surface area contributed by atoms with Crippen molar-refractivity contribution < 1.29 is 77.0 Å². The molecule has 0 atom stereocenters. The maximum Gasteiger partial charge on any atom is 0.320 e. The zero-order valence-corrected chi connectivity index (χ0v) is 32.6. The SMILES string of the molecule is CCOC(=O)CN(CCN(CC(=O)O)CC(=O)O)CC(=O)OCC.CCOC(C)=O.CCOC(C)=O.CCOC(C)=O.CCOC(C)=O.NCCN. The number of esters is 6. The Bertz CT molecular complexity index is 849. The van der Waals surface area contributed by atoms with E-state index in [-0.39, 0.29) is 63.3 Å². The molecule has 0 radical (unpaired) electrons. The second-order valence-corrected chi connectivity index (χ2v) is 9.09. The maximum absolute atomic E-state index is 11.6. The van der Waals surface area contributed by atoms with Gasteiger partial charge in [0.1, 0.15) is 0 Å². The van der Waals surface area contributed by atoms with E-state index in [0.29, 0.717) is 39.5 Å². The third-order valence-corrected chi connectivity index (χ3v) is 4.32. The zero-order chi connectivity index (χ0) is 41.9. The van der Waals surface area contributed by atoms with Crippen LogP contribution in [-0.4, -0.2) is 160 Å². The van der Waals surface area contributed by atoms with Crippen molar-refractivity contribution >= 4 is 47.8 Å². The van der Waals surface area contributed by atoms with Crippen LogP contribution < -0.4 is 11.5 Å². The van der Waals surface area contributed by atoms with Gasteiger partial charge in [-0.3, -0.25) is 48.2 Å². The first-order chi connectivity index (χ1) is 24.3. The van der Waals surface area contributed by atoms with Gasteiger partial charge in [0.2, 0.25) is 0 Å². The van der Waals surface area contributed by atoms with E-state index >= 15 is 0 Å². The van der Waals surface area contributed by atoms with Crippen LogP contribution in [0, 0.1) is 0 Å². The van der Waals surface area contributed by atoms with Crippen LogP contribution in [0.15, 0.2) is 0 Å². The summed E-state index contributed by atoms with van der Waals surface area (Å²) in [7, 11) is 0. The molecule has 308 valence electrons. The fourth-order valence-corrected chi connectivity index (χ4v) is 2.68. The minimum atomic E-state index is -1.17. The summed E-state index contributed by atoms with van der Waals surface area (Å²) >= 11 is 0. The van der Waals surface area contributed by atoms with E-state index in [2.05, 4.69) is 18.9 Å². The minimum absolute atomic E-state index is 0.0530. The molecule has 0 aliphatic carbocycles. The van der Waals surface area contributed by atoms with Gasteiger partial charge < -0.3 is 50.1 Å². The van der Waals surface area contributed by atoms with Crippen LogP contribution in [-0.2, 0) is 66.8 Å². The Morgan fingerprint density at radius 3 is 0.769 bits per heavy atom. The van der Waals surface area contributed by atoms with Crippen LogP contribution in [0.2, 0.25) is 0 Å². The lowest BCUT2D eigenvalue weighted by molar-refractivity contribution is -0.149. The average molecular weight is 761 g/mol. The summed E-state index contributed by atoms with van der Waals surface area (Å²) in [5.41, 5.74) is 9.81. The maximum atomic E-state index is 11.6. The minimum Gasteiger partial charge on any atom is -0.480 e. The highest BCUT2D eigenvalue weighted by Gasteiger charge is 2.19. The van der Waals surface area contributed by atoms with Gasteiger partial charge in [-0.15, -0.1) is 0 Å². The molecule has 0 aliphatic heterocycles. The van der Waals surface area contributed by atoms with Gasteiger partial charge >= 0.3 is 47.8 Å². The first-order valence-electron chi connectivity index (χ1n) is 16.4. The van der Waals surface area contributed by atoms with Crippen molar-refractivity contribution in [2.45, 2.75) is 69.2 Å². The van der Waals surface area contributed by atoms with Crippen molar-refractivity contribution in [1.82, 2.24) is 9.80 Å². The number of nitrogens with two attached hydrogens (primary N) is 2. The molecule has 0 amide bonds. The van der Waals surface area contributed by atoms with Crippen LogP contribution >= 0.6 is 0 Å². The number of hydrogen-bond acceptors (Lipinski definition) is 18. The number of nitrogens with zero attached hydrogens (tertiary/aromatic N) is 2. The fraction of sp³-hybridized carbons (Fsp3) is 0.750. The van der Waals surface area contributed by atoms with Crippen LogP contribution in [0.3, 0.4) is 0 Å². The highest BCUT2D eigenvalue weighted by atomic mass is 16.5. The largest absolute Gasteiger partial charge is 0.480 e. The lowest BCUT2D eigenvalue weighted by Gasteiger charge is -2.24. The van der Waals surface area contributed by atoms with Gasteiger partial charge in [0.15, 0.2) is 0 Å². The van der Waals surface area contributed by atoms with Gasteiger partial charge in [-0.1, -0.05) is 0 Å². The Hall–Kier alpha value is -4.40. The molecule has 0 fully saturated rings. The quantitative estimate of drug-likeness (QED) is 0.106. The molecule has 0 bridgehead atoms. The summed E-state index contributed by atoms with van der Waals surface area (Å²) in [6, 6.07) is 0. The molecule has 0 aromatic heterocycles. The van der Waals surface area contributed by atoms with Gasteiger partial charge in [0.05, 0.1) is 65.8 Å². The highest BCUT2D eigenvalue weighted by Crippen LogP contribution is 1.97. The van der Waals surface area contributed by atoms with Gasteiger partial charge in [-0.2, -0.15) is 0 Å². The molecule has 52 heavy (non-hydrogen) atoms. The van der Waals surface area contributed by atoms with E-state index in [1.165, 1.54) is 37.5 Å². The summed E-state index contributed by atoms with van der Waals surface area (Å²) in [4.78, 5) is 86.6. The van der Waals surface area contributed by atoms with Gasteiger partial charge in [-0.25, -0.2) is 0 Å². The van der Waals surface area contributed by atoms with Crippen molar-refractivity contribution in [2.75, 3.05) is 92.0 Å². The zero-order valence-electron chi connectivity index (χ0n) is 32.6. The first-order valence-corrected chi connectivity index (χ1v) is 16.4. The Morgan fingerprint density at radius 1 is 0.423 bits per heavy atom. The van der Waals surface area contributed by atoms with Crippen LogP contribution in [0.25, 0.3) is 0 Å². The number of ether oxygens (including phenoxy) is 6. The predicted molar refractivity (Wildman–Crippen MR) is 189 cm³/mol. The van der Waals surface area contributed by atoms with Crippen LogP contribution in [0.1, 0.15) is 69.2 Å². The molecule has 0 spiro atoms. The standard InChI is InChI=1S/C14H24N2O8.4C4H8O2.C2H8N2/c1-3-23-13(21)9-16(10-14(22)24-4-2)6-5-15(7-11(17)18)8-12(19)20;4*1-3-6-4(2)5;3-1-2-4/h3-10H2,1-2H3,(H,17,18)(H,19,20);4*3H2,1-2H3;1-4H2. The smallest absolute Gasteiger partial charge is 0.320 e. The molecule has 0 unspecified atom stereocenters. The number of carboxylic acids is 2. The van der Waals surface area contributed by atoms with Crippen LogP contribution in [0.5, 0.6) is 0 Å². The summed E-state index contributed by atoms with van der Waals surface area (Å²) < 4.78 is 27.2. The third-order valence-electron chi connectivity index (χ3n) is 4.32. The highest BCUT2D eigenvalue weighted by molar-refractivity contribution is 5.75. The Balaban J connectivity index is -0.000000152. The Kier molecular flexibility index (Phi) is 53.5. The van der Waals surface area contributed by atoms with Crippen molar-refractivity contribution in [2.24, 2.45) is 11.5 Å². The van der Waals surface area contributed by atoms with Crippen LogP contribution in [0.4, 0.5) is 0 Å².